The van der Waals surface area contributed by atoms with Crippen molar-refractivity contribution in [3.63, 3.8) is 0 Å². The van der Waals surface area contributed by atoms with E-state index in [4.69, 9.17) is 16.3 Å². The Morgan fingerprint density at radius 2 is 2.12 bits per heavy atom. The molecular weight excluding hydrogens is 387 g/mol. The number of hydrogen-bond donors (Lipinski definition) is 0. The highest BCUT2D eigenvalue weighted by Crippen LogP contribution is 2.29. The zero-order chi connectivity index (χ0) is 12.3. The Morgan fingerprint density at radius 3 is 2.71 bits per heavy atom. The van der Waals surface area contributed by atoms with Gasteiger partial charge in [0.1, 0.15) is 12.4 Å². The van der Waals surface area contributed by atoms with Gasteiger partial charge in [-0.2, -0.15) is 0 Å². The van der Waals surface area contributed by atoms with Crippen molar-refractivity contribution in [1.29, 1.82) is 0 Å². The van der Waals surface area contributed by atoms with Crippen LogP contribution in [0.4, 0.5) is 0 Å². The molecule has 90 valence electrons. The van der Waals surface area contributed by atoms with Crippen LogP contribution in [0.15, 0.2) is 34.1 Å². The largest absolute Gasteiger partial charge is 0.486 e. The van der Waals surface area contributed by atoms with Crippen LogP contribution in [-0.2, 0) is 11.9 Å². The summed E-state index contributed by atoms with van der Waals surface area (Å²) in [7, 11) is 0. The van der Waals surface area contributed by atoms with E-state index in [1.54, 1.807) is 11.3 Å². The van der Waals surface area contributed by atoms with Crippen LogP contribution < -0.4 is 4.74 Å². The summed E-state index contributed by atoms with van der Waals surface area (Å²) < 4.78 is 6.77. The number of thiophene rings is 1. The number of halogens is 3. The van der Waals surface area contributed by atoms with Crippen molar-refractivity contribution in [2.75, 3.05) is 0 Å². The lowest BCUT2D eigenvalue weighted by molar-refractivity contribution is 0.309. The molecule has 5 heteroatoms. The zero-order valence-corrected chi connectivity index (χ0v) is 13.5. The van der Waals surface area contributed by atoms with E-state index >= 15 is 0 Å². The van der Waals surface area contributed by atoms with Gasteiger partial charge in [-0.3, -0.25) is 0 Å². The van der Waals surface area contributed by atoms with Crippen molar-refractivity contribution in [3.05, 3.63) is 49.6 Å². The average molecular weight is 397 g/mol. The maximum Gasteiger partial charge on any atom is 0.138 e. The van der Waals surface area contributed by atoms with E-state index in [9.17, 15) is 0 Å². The van der Waals surface area contributed by atoms with Gasteiger partial charge in [0.05, 0.1) is 9.90 Å². The van der Waals surface area contributed by atoms with Gasteiger partial charge >= 0.3 is 0 Å². The van der Waals surface area contributed by atoms with Gasteiger partial charge in [0.15, 0.2) is 0 Å². The topological polar surface area (TPSA) is 9.23 Å². The number of rotatable bonds is 4. The molecule has 0 spiro atoms. The molecule has 0 saturated carbocycles. The highest BCUT2D eigenvalue weighted by molar-refractivity contribution is 9.10. The fourth-order valence-electron chi connectivity index (χ4n) is 1.32. The highest BCUT2D eigenvalue weighted by atomic mass is 79.9. The molecule has 2 aromatic rings. The summed E-state index contributed by atoms with van der Waals surface area (Å²) in [6.07, 6.45) is 0. The molecule has 1 heterocycles. The molecule has 1 aromatic carbocycles. The second kappa shape index (κ2) is 6.23. The van der Waals surface area contributed by atoms with E-state index in [-0.39, 0.29) is 0 Å². The Bertz CT molecular complexity index is 513. The predicted octanol–water partition coefficient (Wildman–Crippen LogP) is 5.64. The molecule has 0 bridgehead atoms. The van der Waals surface area contributed by atoms with E-state index in [0.717, 1.165) is 26.0 Å². The van der Waals surface area contributed by atoms with Crippen LogP contribution >= 0.6 is 54.8 Å². The minimum Gasteiger partial charge on any atom is -0.486 e. The molecule has 0 fully saturated rings. The summed E-state index contributed by atoms with van der Waals surface area (Å²) >= 11 is 14.7. The number of hydrogen-bond acceptors (Lipinski definition) is 2. The first-order valence-electron chi connectivity index (χ1n) is 4.90. The summed E-state index contributed by atoms with van der Waals surface area (Å²) in [6.45, 7) is 0.533. The Labute approximate surface area is 126 Å². The molecule has 0 atom stereocenters. The number of benzene rings is 1. The predicted molar refractivity (Wildman–Crippen MR) is 80.4 cm³/mol. The normalized spacial score (nSPS) is 10.5. The van der Waals surface area contributed by atoms with E-state index in [1.165, 1.54) is 0 Å². The molecule has 0 N–H and O–H groups in total. The van der Waals surface area contributed by atoms with E-state index in [0.29, 0.717) is 11.6 Å². The van der Waals surface area contributed by atoms with Crippen LogP contribution in [0.5, 0.6) is 5.75 Å². The van der Waals surface area contributed by atoms with Crippen molar-refractivity contribution in [2.45, 2.75) is 11.9 Å². The van der Waals surface area contributed by atoms with Crippen molar-refractivity contribution in [3.8, 4) is 5.75 Å². The van der Waals surface area contributed by atoms with Crippen LogP contribution in [-0.4, -0.2) is 0 Å². The van der Waals surface area contributed by atoms with Crippen LogP contribution in [0.25, 0.3) is 0 Å². The molecular formula is C12H9Br2ClOS. The van der Waals surface area contributed by atoms with Crippen LogP contribution in [0.1, 0.15) is 10.4 Å². The van der Waals surface area contributed by atoms with E-state index in [1.807, 2.05) is 29.6 Å². The molecule has 1 nitrogen and oxygen atoms in total. The molecule has 0 aliphatic rings. The van der Waals surface area contributed by atoms with Gasteiger partial charge < -0.3 is 4.74 Å². The second-order valence-electron chi connectivity index (χ2n) is 3.38. The van der Waals surface area contributed by atoms with E-state index < -0.39 is 0 Å². The summed E-state index contributed by atoms with van der Waals surface area (Å²) in [5.41, 5.74) is 1.14. The summed E-state index contributed by atoms with van der Waals surface area (Å²) in [5, 5.41) is 3.47. The minimum absolute atomic E-state index is 0.533. The Kier molecular flexibility index (Phi) is 4.91. The maximum atomic E-state index is 6.13. The van der Waals surface area contributed by atoms with Gasteiger partial charge in [0.25, 0.3) is 0 Å². The van der Waals surface area contributed by atoms with Gasteiger partial charge in [0, 0.05) is 9.80 Å². The van der Waals surface area contributed by atoms with E-state index in [2.05, 4.69) is 31.9 Å². The first kappa shape index (κ1) is 13.4. The molecule has 0 saturated heterocycles. The molecule has 17 heavy (non-hydrogen) atoms. The van der Waals surface area contributed by atoms with Gasteiger partial charge in [-0.1, -0.05) is 33.6 Å². The third kappa shape index (κ3) is 3.47. The smallest absolute Gasteiger partial charge is 0.138 e. The first-order chi connectivity index (χ1) is 8.20. The highest BCUT2D eigenvalue weighted by Gasteiger charge is 2.06. The molecule has 0 aliphatic heterocycles. The summed E-state index contributed by atoms with van der Waals surface area (Å²) in [5.74, 6) is 0.719. The minimum atomic E-state index is 0.533. The molecule has 2 rings (SSSR count). The standard InChI is InChI=1S/C12H9Br2ClOS/c13-6-8-1-2-11(10(15)5-8)16-7-12-9(14)3-4-17-12/h1-5H,6-7H2. The van der Waals surface area contributed by atoms with Crippen LogP contribution in [0, 0.1) is 0 Å². The monoisotopic (exact) mass is 394 g/mol. The summed E-state index contributed by atoms with van der Waals surface area (Å²) in [6, 6.07) is 7.83. The average Bonchev–Trinajstić information content (AvgIpc) is 2.73. The molecule has 0 aliphatic carbocycles. The Balaban J connectivity index is 2.07. The maximum absolute atomic E-state index is 6.13. The number of ether oxygens (including phenoxy) is 1. The van der Waals surface area contributed by atoms with Gasteiger partial charge in [-0.05, 0) is 45.1 Å². The molecule has 1 aromatic heterocycles. The van der Waals surface area contributed by atoms with Crippen LogP contribution in [0.3, 0.4) is 0 Å². The van der Waals surface area contributed by atoms with Gasteiger partial charge in [-0.25, -0.2) is 0 Å². The molecule has 0 unspecified atom stereocenters. The SMILES string of the molecule is Clc1cc(CBr)ccc1OCc1sccc1Br. The number of alkyl halides is 1. The lowest BCUT2D eigenvalue weighted by Crippen LogP contribution is -1.94. The summed E-state index contributed by atoms with van der Waals surface area (Å²) in [4.78, 5) is 1.16. The van der Waals surface area contributed by atoms with Crippen molar-refractivity contribution < 1.29 is 4.74 Å². The third-order valence-electron chi connectivity index (χ3n) is 2.20. The molecule has 0 amide bonds. The third-order valence-corrected chi connectivity index (χ3v) is 5.04. The fourth-order valence-corrected chi connectivity index (χ4v) is 3.30. The fraction of sp³-hybridized carbons (Fsp3) is 0.167. The van der Waals surface area contributed by atoms with Crippen molar-refractivity contribution in [1.82, 2.24) is 0 Å². The quantitative estimate of drug-likeness (QED) is 0.608. The van der Waals surface area contributed by atoms with Crippen molar-refractivity contribution in [2.24, 2.45) is 0 Å². The second-order valence-corrected chi connectivity index (χ2v) is 6.20. The zero-order valence-electron chi connectivity index (χ0n) is 8.75. The van der Waals surface area contributed by atoms with Gasteiger partial charge in [0.2, 0.25) is 0 Å². The van der Waals surface area contributed by atoms with Crippen LogP contribution in [0.2, 0.25) is 5.02 Å². The lowest BCUT2D eigenvalue weighted by atomic mass is 10.2. The Hall–Kier alpha value is -0.0300. The van der Waals surface area contributed by atoms with Gasteiger partial charge in [-0.15, -0.1) is 11.3 Å². The van der Waals surface area contributed by atoms with Crippen molar-refractivity contribution >= 4 is 54.8 Å². The molecule has 0 radical (unpaired) electrons. The Morgan fingerprint density at radius 1 is 1.29 bits per heavy atom. The first-order valence-corrected chi connectivity index (χ1v) is 8.07. The lowest BCUT2D eigenvalue weighted by Gasteiger charge is -2.08.